The number of hydrogen-bond donors (Lipinski definition) is 1. The second-order valence-corrected chi connectivity index (χ2v) is 7.56. The molecule has 2 aromatic carbocycles. The van der Waals surface area contributed by atoms with E-state index in [2.05, 4.69) is 33.0 Å². The molecule has 0 aliphatic carbocycles. The van der Waals surface area contributed by atoms with Crippen LogP contribution in [0.4, 0.5) is 11.4 Å². The molecule has 2 rings (SSSR count). The molecule has 0 unspecified atom stereocenters. The predicted molar refractivity (Wildman–Crippen MR) is 112 cm³/mol. The third-order valence-corrected chi connectivity index (χ3v) is 4.71. The molecule has 2 amide bonds. The Balaban J connectivity index is 2.39. The maximum Gasteiger partial charge on any atom is 0.244 e. The summed E-state index contributed by atoms with van der Waals surface area (Å²) in [4.78, 5) is 26.8. The van der Waals surface area contributed by atoms with Crippen LogP contribution in [-0.2, 0) is 9.59 Å². The Labute approximate surface area is 162 Å². The molecule has 1 N–H and O–H groups in total. The zero-order chi connectivity index (χ0) is 20.1. The van der Waals surface area contributed by atoms with Crippen LogP contribution in [0, 0.1) is 6.92 Å². The number of benzene rings is 2. The maximum absolute atomic E-state index is 12.7. The van der Waals surface area contributed by atoms with Crippen molar-refractivity contribution in [2.45, 2.75) is 53.4 Å². The summed E-state index contributed by atoms with van der Waals surface area (Å²) in [5, 5.41) is 2.93. The minimum Gasteiger partial charge on any atom is -0.324 e. The summed E-state index contributed by atoms with van der Waals surface area (Å²) in [6.45, 7) is 11.9. The second kappa shape index (κ2) is 8.85. The van der Waals surface area contributed by atoms with Gasteiger partial charge >= 0.3 is 0 Å². The van der Waals surface area contributed by atoms with Gasteiger partial charge in [-0.2, -0.15) is 0 Å². The molecule has 0 spiro atoms. The minimum absolute atomic E-state index is 0.00682. The van der Waals surface area contributed by atoms with Gasteiger partial charge in [0.15, 0.2) is 0 Å². The summed E-state index contributed by atoms with van der Waals surface area (Å²) in [7, 11) is 0. The van der Waals surface area contributed by atoms with Gasteiger partial charge in [0.25, 0.3) is 0 Å². The van der Waals surface area contributed by atoms with Crippen molar-refractivity contribution in [2.75, 3.05) is 16.8 Å². The van der Waals surface area contributed by atoms with E-state index in [9.17, 15) is 9.59 Å². The van der Waals surface area contributed by atoms with Crippen molar-refractivity contribution in [3.05, 3.63) is 59.2 Å². The Hall–Kier alpha value is -2.62. The van der Waals surface area contributed by atoms with Crippen LogP contribution in [-0.4, -0.2) is 18.4 Å². The molecule has 0 bridgehead atoms. The third kappa shape index (κ3) is 4.97. The summed E-state index contributed by atoms with van der Waals surface area (Å²) < 4.78 is 0. The molecule has 27 heavy (non-hydrogen) atoms. The molecule has 0 atom stereocenters. The average Bonchev–Trinajstić information content (AvgIpc) is 2.60. The molecule has 0 fully saturated rings. The van der Waals surface area contributed by atoms with Gasteiger partial charge in [0.1, 0.15) is 6.54 Å². The summed E-state index contributed by atoms with van der Waals surface area (Å²) in [6, 6.07) is 13.7. The van der Waals surface area contributed by atoms with Crippen molar-refractivity contribution >= 4 is 23.2 Å². The van der Waals surface area contributed by atoms with Crippen LogP contribution in [0.15, 0.2) is 42.5 Å². The van der Waals surface area contributed by atoms with Crippen molar-refractivity contribution in [3.63, 3.8) is 0 Å². The van der Waals surface area contributed by atoms with Gasteiger partial charge in [-0.25, -0.2) is 0 Å². The van der Waals surface area contributed by atoms with Gasteiger partial charge in [0, 0.05) is 12.6 Å². The third-order valence-electron chi connectivity index (χ3n) is 4.71. The average molecular weight is 367 g/mol. The summed E-state index contributed by atoms with van der Waals surface area (Å²) in [6.07, 6.45) is 0. The highest BCUT2D eigenvalue weighted by Crippen LogP contribution is 2.35. The Morgan fingerprint density at radius 3 is 1.96 bits per heavy atom. The molecule has 0 saturated carbocycles. The minimum atomic E-state index is -0.201. The summed E-state index contributed by atoms with van der Waals surface area (Å²) >= 11 is 0. The van der Waals surface area contributed by atoms with Crippen LogP contribution < -0.4 is 10.2 Å². The van der Waals surface area contributed by atoms with Crippen molar-refractivity contribution in [1.29, 1.82) is 0 Å². The number of nitrogens with one attached hydrogen (secondary N) is 1. The topological polar surface area (TPSA) is 49.4 Å². The molecule has 0 aromatic heterocycles. The summed E-state index contributed by atoms with van der Waals surface area (Å²) in [5.41, 5.74) is 4.80. The lowest BCUT2D eigenvalue weighted by Gasteiger charge is -2.29. The van der Waals surface area contributed by atoms with E-state index < -0.39 is 0 Å². The fourth-order valence-corrected chi connectivity index (χ4v) is 3.22. The van der Waals surface area contributed by atoms with Gasteiger partial charge in [-0.3, -0.25) is 9.59 Å². The van der Waals surface area contributed by atoms with E-state index in [1.807, 2.05) is 49.4 Å². The fourth-order valence-electron chi connectivity index (χ4n) is 3.22. The van der Waals surface area contributed by atoms with E-state index in [4.69, 9.17) is 0 Å². The lowest BCUT2D eigenvalue weighted by molar-refractivity contribution is -0.120. The first kappa shape index (κ1) is 20.7. The SMILES string of the molecule is CC(=O)N(CC(=O)Nc1ccccc1C)c1c(C(C)C)cccc1C(C)C. The number of nitrogens with zero attached hydrogens (tertiary/aromatic N) is 1. The van der Waals surface area contributed by atoms with E-state index in [1.54, 1.807) is 4.90 Å². The van der Waals surface area contributed by atoms with Gasteiger partial charge in [-0.15, -0.1) is 0 Å². The van der Waals surface area contributed by atoms with Crippen molar-refractivity contribution < 1.29 is 9.59 Å². The molecule has 0 aliphatic heterocycles. The normalized spacial score (nSPS) is 11.0. The Kier molecular flexibility index (Phi) is 6.78. The molecule has 4 nitrogen and oxygen atoms in total. The number of anilines is 2. The maximum atomic E-state index is 12.7. The second-order valence-electron chi connectivity index (χ2n) is 7.56. The molecule has 4 heteroatoms. The Morgan fingerprint density at radius 1 is 0.926 bits per heavy atom. The lowest BCUT2D eigenvalue weighted by atomic mass is 9.91. The number of rotatable bonds is 6. The highest BCUT2D eigenvalue weighted by Gasteiger charge is 2.24. The first-order valence-corrected chi connectivity index (χ1v) is 9.48. The van der Waals surface area contributed by atoms with E-state index in [0.29, 0.717) is 0 Å². The van der Waals surface area contributed by atoms with E-state index >= 15 is 0 Å². The number of aryl methyl sites for hydroxylation is 1. The zero-order valence-corrected chi connectivity index (χ0v) is 17.2. The largest absolute Gasteiger partial charge is 0.324 e. The monoisotopic (exact) mass is 366 g/mol. The van der Waals surface area contributed by atoms with E-state index in [0.717, 1.165) is 28.1 Å². The highest BCUT2D eigenvalue weighted by atomic mass is 16.2. The quantitative estimate of drug-likeness (QED) is 0.760. The molecule has 2 aromatic rings. The smallest absolute Gasteiger partial charge is 0.244 e. The van der Waals surface area contributed by atoms with E-state index in [1.165, 1.54) is 6.92 Å². The zero-order valence-electron chi connectivity index (χ0n) is 17.2. The van der Waals surface area contributed by atoms with Gasteiger partial charge in [0.2, 0.25) is 11.8 Å². The molecule has 0 heterocycles. The lowest BCUT2D eigenvalue weighted by Crippen LogP contribution is -2.38. The molecule has 0 radical (unpaired) electrons. The molecular formula is C23H30N2O2. The first-order valence-electron chi connectivity index (χ1n) is 9.48. The number of amides is 2. The highest BCUT2D eigenvalue weighted by molar-refractivity contribution is 6.03. The number of carbonyl (C=O) groups excluding carboxylic acids is 2. The Bertz CT molecular complexity index is 799. The first-order chi connectivity index (χ1) is 12.7. The molecule has 144 valence electrons. The predicted octanol–water partition coefficient (Wildman–Crippen LogP) is 5.23. The van der Waals surface area contributed by atoms with Crippen LogP contribution in [0.25, 0.3) is 0 Å². The van der Waals surface area contributed by atoms with Crippen molar-refractivity contribution in [3.8, 4) is 0 Å². The molecule has 0 aliphatic rings. The standard InChI is InChI=1S/C23H30N2O2/c1-15(2)19-11-9-12-20(16(3)4)23(19)25(18(6)26)14-22(27)24-21-13-8-7-10-17(21)5/h7-13,15-16H,14H2,1-6H3,(H,24,27). The summed E-state index contributed by atoms with van der Waals surface area (Å²) in [5.74, 6) is 0.164. The van der Waals surface area contributed by atoms with Crippen LogP contribution >= 0.6 is 0 Å². The number of carbonyl (C=O) groups is 2. The van der Waals surface area contributed by atoms with Gasteiger partial charge < -0.3 is 10.2 Å². The van der Waals surface area contributed by atoms with Gasteiger partial charge in [0.05, 0.1) is 5.69 Å². The van der Waals surface area contributed by atoms with Crippen LogP contribution in [0.2, 0.25) is 0 Å². The number of para-hydroxylation sites is 2. The van der Waals surface area contributed by atoms with Crippen molar-refractivity contribution in [1.82, 2.24) is 0 Å². The Morgan fingerprint density at radius 2 is 1.48 bits per heavy atom. The van der Waals surface area contributed by atoms with Gasteiger partial charge in [-0.05, 0) is 41.5 Å². The fraction of sp³-hybridized carbons (Fsp3) is 0.391. The number of hydrogen-bond acceptors (Lipinski definition) is 2. The van der Waals surface area contributed by atoms with Crippen LogP contribution in [0.1, 0.15) is 63.1 Å². The van der Waals surface area contributed by atoms with E-state index in [-0.39, 0.29) is 30.2 Å². The van der Waals surface area contributed by atoms with Gasteiger partial charge in [-0.1, -0.05) is 64.1 Å². The van der Waals surface area contributed by atoms with Crippen LogP contribution in [0.5, 0.6) is 0 Å². The van der Waals surface area contributed by atoms with Crippen molar-refractivity contribution in [2.24, 2.45) is 0 Å². The molecule has 0 saturated heterocycles. The molecular weight excluding hydrogens is 336 g/mol. The van der Waals surface area contributed by atoms with Crippen LogP contribution in [0.3, 0.4) is 0 Å².